The number of carbonyl (C=O) groups is 1. The second kappa shape index (κ2) is 7.83. The predicted molar refractivity (Wildman–Crippen MR) is 96.2 cm³/mol. The molecule has 0 aliphatic heterocycles. The molecule has 0 saturated heterocycles. The van der Waals surface area contributed by atoms with Crippen LogP contribution in [0.4, 0.5) is 0 Å². The number of aromatic nitrogens is 2. The maximum atomic E-state index is 12.2. The Hall–Kier alpha value is -1.83. The average Bonchev–Trinajstić information content (AvgIpc) is 3.25. The first-order valence-electron chi connectivity index (χ1n) is 7.18. The quantitative estimate of drug-likeness (QED) is 0.648. The third-order valence-corrected chi connectivity index (χ3v) is 5.36. The number of hydrogen-bond acceptors (Lipinski definition) is 6. The average molecular weight is 380 g/mol. The highest BCUT2D eigenvalue weighted by Gasteiger charge is 2.19. The summed E-state index contributed by atoms with van der Waals surface area (Å²) in [5.41, 5.74) is 0.877. The Bertz CT molecular complexity index is 820. The number of halogens is 1. The third kappa shape index (κ3) is 4.17. The summed E-state index contributed by atoms with van der Waals surface area (Å²) in [6.45, 7) is 2.18. The van der Waals surface area contributed by atoms with Crippen molar-refractivity contribution in [2.24, 2.45) is 0 Å². The molecule has 1 amide bonds. The number of nitrogens with zero attached hydrogens (tertiary/aromatic N) is 2. The molecule has 1 atom stereocenters. The van der Waals surface area contributed by atoms with Gasteiger partial charge in [0.25, 0.3) is 11.1 Å². The summed E-state index contributed by atoms with van der Waals surface area (Å²) >= 11 is 8.83. The molecule has 2 heterocycles. The number of rotatable bonds is 6. The normalized spacial score (nSPS) is 12.1. The zero-order valence-corrected chi connectivity index (χ0v) is 15.1. The Morgan fingerprint density at radius 2 is 2.17 bits per heavy atom. The van der Waals surface area contributed by atoms with Gasteiger partial charge in [0.2, 0.25) is 5.91 Å². The van der Waals surface area contributed by atoms with E-state index in [0.29, 0.717) is 22.7 Å². The number of amides is 1. The van der Waals surface area contributed by atoms with Crippen LogP contribution >= 0.6 is 34.7 Å². The molecule has 3 aromatic rings. The topological polar surface area (TPSA) is 68.0 Å². The van der Waals surface area contributed by atoms with Gasteiger partial charge in [-0.15, -0.1) is 21.5 Å². The van der Waals surface area contributed by atoms with Crippen LogP contribution in [0.15, 0.2) is 51.4 Å². The highest BCUT2D eigenvalue weighted by Crippen LogP contribution is 2.28. The van der Waals surface area contributed by atoms with Gasteiger partial charge in [0.1, 0.15) is 0 Å². The van der Waals surface area contributed by atoms with E-state index in [-0.39, 0.29) is 11.2 Å². The van der Waals surface area contributed by atoms with Crippen molar-refractivity contribution >= 4 is 40.6 Å². The van der Waals surface area contributed by atoms with E-state index in [2.05, 4.69) is 15.5 Å². The first-order chi connectivity index (χ1) is 11.6. The third-order valence-electron chi connectivity index (χ3n) is 3.20. The van der Waals surface area contributed by atoms with Gasteiger partial charge in [-0.3, -0.25) is 4.79 Å². The maximum Gasteiger partial charge on any atom is 0.277 e. The lowest BCUT2D eigenvalue weighted by Gasteiger charge is -2.10. The van der Waals surface area contributed by atoms with Crippen LogP contribution in [-0.2, 0) is 11.3 Å². The van der Waals surface area contributed by atoms with Gasteiger partial charge in [0.15, 0.2) is 0 Å². The van der Waals surface area contributed by atoms with Crippen molar-refractivity contribution in [2.45, 2.75) is 23.9 Å². The highest BCUT2D eigenvalue weighted by atomic mass is 35.5. The molecule has 0 saturated carbocycles. The van der Waals surface area contributed by atoms with Crippen LogP contribution in [0.1, 0.15) is 12.5 Å². The van der Waals surface area contributed by atoms with Gasteiger partial charge < -0.3 is 9.73 Å². The Morgan fingerprint density at radius 3 is 2.92 bits per heavy atom. The van der Waals surface area contributed by atoms with Gasteiger partial charge in [0.05, 0.1) is 10.1 Å². The van der Waals surface area contributed by atoms with Crippen molar-refractivity contribution in [3.8, 4) is 10.8 Å². The Labute approximate surface area is 152 Å². The number of thioether (sulfide) groups is 1. The number of carbonyl (C=O) groups excluding carboxylic acids is 1. The molecule has 0 unspecified atom stereocenters. The lowest BCUT2D eigenvalue weighted by atomic mass is 10.2. The second-order valence-electron chi connectivity index (χ2n) is 4.92. The fraction of sp³-hybridized carbons (Fsp3) is 0.188. The molecule has 24 heavy (non-hydrogen) atoms. The molecule has 1 N–H and O–H groups in total. The first-order valence-corrected chi connectivity index (χ1v) is 9.32. The lowest BCUT2D eigenvalue weighted by Crippen LogP contribution is -2.30. The van der Waals surface area contributed by atoms with Gasteiger partial charge in [-0.05, 0) is 30.0 Å². The summed E-state index contributed by atoms with van der Waals surface area (Å²) in [7, 11) is 0. The standard InChI is InChI=1S/C16H14ClN3O2S2/c1-10(14(21)18-9-11-5-2-3-6-12(11)17)24-16-20-19-15(22-16)13-7-4-8-23-13/h2-8,10H,9H2,1H3,(H,18,21)/t10-/m1/s1. The number of hydrogen-bond donors (Lipinski definition) is 1. The minimum Gasteiger partial charge on any atom is -0.410 e. The molecular weight excluding hydrogens is 366 g/mol. The largest absolute Gasteiger partial charge is 0.410 e. The maximum absolute atomic E-state index is 12.2. The molecule has 5 nitrogen and oxygen atoms in total. The van der Waals surface area contributed by atoms with Crippen molar-refractivity contribution < 1.29 is 9.21 Å². The summed E-state index contributed by atoms with van der Waals surface area (Å²) < 4.78 is 5.58. The summed E-state index contributed by atoms with van der Waals surface area (Å²) in [5.74, 6) is 0.354. The van der Waals surface area contributed by atoms with Gasteiger partial charge in [-0.1, -0.05) is 47.6 Å². The van der Waals surface area contributed by atoms with Gasteiger partial charge in [-0.25, -0.2) is 0 Å². The zero-order chi connectivity index (χ0) is 16.9. The lowest BCUT2D eigenvalue weighted by molar-refractivity contribution is -0.120. The zero-order valence-electron chi connectivity index (χ0n) is 12.7. The molecule has 0 bridgehead atoms. The molecule has 1 aromatic carbocycles. The number of benzene rings is 1. The second-order valence-corrected chi connectivity index (χ2v) is 7.57. The summed E-state index contributed by atoms with van der Waals surface area (Å²) in [5, 5.41) is 13.4. The molecule has 2 aromatic heterocycles. The van der Waals surface area contributed by atoms with Crippen LogP contribution < -0.4 is 5.32 Å². The highest BCUT2D eigenvalue weighted by molar-refractivity contribution is 8.00. The minimum atomic E-state index is -0.357. The Morgan fingerprint density at radius 1 is 1.33 bits per heavy atom. The molecule has 0 aliphatic carbocycles. The van der Waals surface area contributed by atoms with Crippen LogP contribution in [0.25, 0.3) is 10.8 Å². The van der Waals surface area contributed by atoms with Crippen molar-refractivity contribution in [2.75, 3.05) is 0 Å². The fourth-order valence-electron chi connectivity index (χ4n) is 1.93. The molecule has 3 rings (SSSR count). The van der Waals surface area contributed by atoms with Crippen LogP contribution in [-0.4, -0.2) is 21.4 Å². The predicted octanol–water partition coefficient (Wildman–Crippen LogP) is 4.25. The smallest absolute Gasteiger partial charge is 0.277 e. The molecule has 0 fully saturated rings. The molecular formula is C16H14ClN3O2S2. The van der Waals surface area contributed by atoms with Crippen molar-refractivity contribution in [3.63, 3.8) is 0 Å². The molecule has 0 radical (unpaired) electrons. The van der Waals surface area contributed by atoms with E-state index in [1.165, 1.54) is 23.1 Å². The summed E-state index contributed by atoms with van der Waals surface area (Å²) in [6.07, 6.45) is 0. The van der Waals surface area contributed by atoms with Crippen LogP contribution in [0.2, 0.25) is 5.02 Å². The SMILES string of the molecule is C[C@@H](Sc1nnc(-c2cccs2)o1)C(=O)NCc1ccccc1Cl. The minimum absolute atomic E-state index is 0.115. The van der Waals surface area contributed by atoms with E-state index in [9.17, 15) is 4.79 Å². The fourth-order valence-corrected chi connectivity index (χ4v) is 3.48. The number of thiophene rings is 1. The van der Waals surface area contributed by atoms with Crippen molar-refractivity contribution in [1.82, 2.24) is 15.5 Å². The van der Waals surface area contributed by atoms with Crippen molar-refractivity contribution in [3.05, 3.63) is 52.4 Å². The summed E-state index contributed by atoms with van der Waals surface area (Å²) in [4.78, 5) is 13.1. The Kier molecular flexibility index (Phi) is 5.55. The van der Waals surface area contributed by atoms with Crippen molar-refractivity contribution in [1.29, 1.82) is 0 Å². The molecule has 8 heteroatoms. The monoisotopic (exact) mass is 379 g/mol. The van der Waals surface area contributed by atoms with Gasteiger partial charge in [0, 0.05) is 11.6 Å². The van der Waals surface area contributed by atoms with Crippen LogP contribution in [0, 0.1) is 0 Å². The molecule has 0 spiro atoms. The summed E-state index contributed by atoms with van der Waals surface area (Å²) in [6, 6.07) is 11.2. The Balaban J connectivity index is 1.55. The van der Waals surface area contributed by atoms with E-state index in [4.69, 9.17) is 16.0 Å². The van der Waals surface area contributed by atoms with E-state index < -0.39 is 0 Å². The van der Waals surface area contributed by atoms with Gasteiger partial charge >= 0.3 is 0 Å². The van der Waals surface area contributed by atoms with E-state index >= 15 is 0 Å². The van der Waals surface area contributed by atoms with Crippen LogP contribution in [0.5, 0.6) is 0 Å². The number of nitrogens with one attached hydrogen (secondary N) is 1. The van der Waals surface area contributed by atoms with E-state index in [1.807, 2.05) is 35.7 Å². The molecule has 0 aliphatic rings. The van der Waals surface area contributed by atoms with E-state index in [0.717, 1.165) is 10.4 Å². The van der Waals surface area contributed by atoms with Crippen LogP contribution in [0.3, 0.4) is 0 Å². The van der Waals surface area contributed by atoms with Gasteiger partial charge in [-0.2, -0.15) is 0 Å². The first kappa shape index (κ1) is 17.0. The molecule has 124 valence electrons. The van der Waals surface area contributed by atoms with E-state index in [1.54, 1.807) is 13.0 Å².